The van der Waals surface area contributed by atoms with Crippen LogP contribution in [0.3, 0.4) is 0 Å². The van der Waals surface area contributed by atoms with Gasteiger partial charge in [0.2, 0.25) is 0 Å². The fourth-order valence-electron chi connectivity index (χ4n) is 2.17. The van der Waals surface area contributed by atoms with Gasteiger partial charge in [0.05, 0.1) is 4.99 Å². The Hall–Kier alpha value is -1.94. The largest absolute Gasteiger partial charge is 0.488 e. The lowest BCUT2D eigenvalue weighted by Crippen LogP contribution is -2.11. The van der Waals surface area contributed by atoms with E-state index in [0.717, 1.165) is 11.3 Å². The number of hydrogen-bond donors (Lipinski definition) is 1. The maximum atomic E-state index is 14.1. The van der Waals surface area contributed by atoms with Crippen molar-refractivity contribution in [1.82, 2.24) is 0 Å². The van der Waals surface area contributed by atoms with Gasteiger partial charge in [0, 0.05) is 11.3 Å². The maximum absolute atomic E-state index is 14.1. The third-order valence-corrected chi connectivity index (χ3v) is 3.81. The van der Waals surface area contributed by atoms with Crippen molar-refractivity contribution >= 4 is 22.9 Å². The summed E-state index contributed by atoms with van der Waals surface area (Å²) in [4.78, 5) is 0.679. The highest BCUT2D eigenvalue weighted by molar-refractivity contribution is 7.80. The van der Waals surface area contributed by atoms with Crippen LogP contribution in [0.15, 0.2) is 36.4 Å². The van der Waals surface area contributed by atoms with E-state index in [1.807, 2.05) is 45.0 Å². The zero-order valence-electron chi connectivity index (χ0n) is 13.1. The number of nitrogens with one attached hydrogen (secondary N) is 1. The van der Waals surface area contributed by atoms with Crippen LogP contribution in [0.4, 0.5) is 10.1 Å². The zero-order chi connectivity index (χ0) is 16.1. The molecule has 0 heterocycles. The van der Waals surface area contributed by atoms with Crippen molar-refractivity contribution in [2.45, 2.75) is 33.8 Å². The molecule has 116 valence electrons. The number of anilines is 1. The van der Waals surface area contributed by atoms with Crippen molar-refractivity contribution in [3.05, 3.63) is 58.9 Å². The molecular formula is C18H20FNOS. The Morgan fingerprint density at radius 3 is 2.68 bits per heavy atom. The standard InChI is InChI=1S/C18H20FNOS/c1-4-18(22)20-16-7-5-6-15(19)14(16)11-21-17-9-8-12(2)10-13(17)3/h5-10H,4,11H2,1-3H3,(H,20,22). The van der Waals surface area contributed by atoms with Gasteiger partial charge in [0.1, 0.15) is 18.2 Å². The van der Waals surface area contributed by atoms with Gasteiger partial charge in [0.15, 0.2) is 0 Å². The molecule has 0 aliphatic heterocycles. The third-order valence-electron chi connectivity index (χ3n) is 3.42. The average molecular weight is 317 g/mol. The van der Waals surface area contributed by atoms with E-state index in [-0.39, 0.29) is 12.4 Å². The van der Waals surface area contributed by atoms with Gasteiger partial charge in [0.25, 0.3) is 0 Å². The molecule has 0 saturated heterocycles. The lowest BCUT2D eigenvalue weighted by Gasteiger charge is -2.15. The van der Waals surface area contributed by atoms with E-state index in [1.54, 1.807) is 6.07 Å². The summed E-state index contributed by atoms with van der Waals surface area (Å²) in [6.45, 7) is 6.13. The molecule has 0 radical (unpaired) electrons. The summed E-state index contributed by atoms with van der Waals surface area (Å²) in [6, 6.07) is 10.8. The summed E-state index contributed by atoms with van der Waals surface area (Å²) < 4.78 is 19.9. The molecule has 0 spiro atoms. The second-order valence-corrected chi connectivity index (χ2v) is 5.72. The number of benzene rings is 2. The Bertz CT molecular complexity index is 685. The molecule has 0 atom stereocenters. The molecule has 0 fully saturated rings. The Morgan fingerprint density at radius 1 is 1.23 bits per heavy atom. The van der Waals surface area contributed by atoms with Gasteiger partial charge in [-0.3, -0.25) is 0 Å². The minimum Gasteiger partial charge on any atom is -0.488 e. The Balaban J connectivity index is 2.19. The van der Waals surface area contributed by atoms with Crippen LogP contribution < -0.4 is 10.1 Å². The minimum absolute atomic E-state index is 0.158. The SMILES string of the molecule is CCC(=S)Nc1cccc(F)c1COc1ccc(C)cc1C. The highest BCUT2D eigenvalue weighted by atomic mass is 32.1. The quantitative estimate of drug-likeness (QED) is 0.769. The molecule has 0 bridgehead atoms. The number of halogens is 1. The van der Waals surface area contributed by atoms with Gasteiger partial charge < -0.3 is 10.1 Å². The molecule has 0 aromatic heterocycles. The van der Waals surface area contributed by atoms with Crippen LogP contribution in [0.5, 0.6) is 5.75 Å². The van der Waals surface area contributed by atoms with Crippen molar-refractivity contribution < 1.29 is 9.13 Å². The van der Waals surface area contributed by atoms with Crippen LogP contribution in [0, 0.1) is 19.7 Å². The molecule has 2 rings (SSSR count). The molecule has 0 unspecified atom stereocenters. The molecule has 2 nitrogen and oxygen atoms in total. The summed E-state index contributed by atoms with van der Waals surface area (Å²) in [6.07, 6.45) is 0.712. The molecule has 2 aromatic carbocycles. The number of rotatable bonds is 5. The second kappa shape index (κ2) is 7.36. The van der Waals surface area contributed by atoms with Crippen LogP contribution in [0.25, 0.3) is 0 Å². The summed E-state index contributed by atoms with van der Waals surface area (Å²) in [7, 11) is 0. The van der Waals surface area contributed by atoms with E-state index in [1.165, 1.54) is 11.6 Å². The summed E-state index contributed by atoms with van der Waals surface area (Å²) in [5.74, 6) is 0.464. The molecule has 0 amide bonds. The van der Waals surface area contributed by atoms with E-state index >= 15 is 0 Å². The van der Waals surface area contributed by atoms with E-state index in [0.29, 0.717) is 22.7 Å². The van der Waals surface area contributed by atoms with Crippen LogP contribution in [-0.2, 0) is 6.61 Å². The summed E-state index contributed by atoms with van der Waals surface area (Å²) in [5, 5.41) is 3.07. The highest BCUT2D eigenvalue weighted by Crippen LogP contribution is 2.24. The Labute approximate surface area is 136 Å². The van der Waals surface area contributed by atoms with Crippen molar-refractivity contribution in [2.75, 3.05) is 5.32 Å². The number of ether oxygens (including phenoxy) is 1. The monoisotopic (exact) mass is 317 g/mol. The third kappa shape index (κ3) is 4.04. The molecule has 2 aromatic rings. The maximum Gasteiger partial charge on any atom is 0.131 e. The van der Waals surface area contributed by atoms with Crippen molar-refractivity contribution in [3.8, 4) is 5.75 Å². The van der Waals surface area contributed by atoms with Gasteiger partial charge in [-0.25, -0.2) is 4.39 Å². The fraction of sp³-hybridized carbons (Fsp3) is 0.278. The van der Waals surface area contributed by atoms with Crippen molar-refractivity contribution in [2.24, 2.45) is 0 Å². The zero-order valence-corrected chi connectivity index (χ0v) is 13.9. The first-order valence-electron chi connectivity index (χ1n) is 7.28. The second-order valence-electron chi connectivity index (χ2n) is 5.23. The smallest absolute Gasteiger partial charge is 0.131 e. The first-order valence-corrected chi connectivity index (χ1v) is 7.69. The molecule has 4 heteroatoms. The average Bonchev–Trinajstić information content (AvgIpc) is 2.48. The van der Waals surface area contributed by atoms with Gasteiger partial charge >= 0.3 is 0 Å². The first-order chi connectivity index (χ1) is 10.5. The van der Waals surface area contributed by atoms with Gasteiger partial charge in [-0.15, -0.1) is 0 Å². The lowest BCUT2D eigenvalue weighted by molar-refractivity contribution is 0.298. The molecule has 0 saturated carbocycles. The molecule has 1 N–H and O–H groups in total. The minimum atomic E-state index is -0.298. The predicted octanol–water partition coefficient (Wildman–Crippen LogP) is 5.17. The predicted molar refractivity (Wildman–Crippen MR) is 93.2 cm³/mol. The molecule has 0 aliphatic carbocycles. The fourth-order valence-corrected chi connectivity index (χ4v) is 2.28. The number of thiocarbonyl (C=S) groups is 1. The van der Waals surface area contributed by atoms with Crippen molar-refractivity contribution in [3.63, 3.8) is 0 Å². The number of aryl methyl sites for hydroxylation is 2. The van der Waals surface area contributed by atoms with Crippen LogP contribution >= 0.6 is 12.2 Å². The molecular weight excluding hydrogens is 297 g/mol. The topological polar surface area (TPSA) is 21.3 Å². The van der Waals surface area contributed by atoms with Gasteiger partial charge in [-0.2, -0.15) is 0 Å². The lowest BCUT2D eigenvalue weighted by atomic mass is 10.1. The highest BCUT2D eigenvalue weighted by Gasteiger charge is 2.11. The van der Waals surface area contributed by atoms with E-state index in [2.05, 4.69) is 5.32 Å². The number of hydrogen-bond acceptors (Lipinski definition) is 2. The summed E-state index contributed by atoms with van der Waals surface area (Å²) in [5.41, 5.74) is 3.36. The van der Waals surface area contributed by atoms with E-state index in [4.69, 9.17) is 17.0 Å². The first kappa shape index (κ1) is 16.4. The summed E-state index contributed by atoms with van der Waals surface area (Å²) >= 11 is 5.18. The molecule has 22 heavy (non-hydrogen) atoms. The van der Waals surface area contributed by atoms with E-state index in [9.17, 15) is 4.39 Å². The van der Waals surface area contributed by atoms with Crippen LogP contribution in [0.1, 0.15) is 30.0 Å². The molecule has 0 aliphatic rings. The van der Waals surface area contributed by atoms with Gasteiger partial charge in [-0.1, -0.05) is 42.9 Å². The van der Waals surface area contributed by atoms with Crippen LogP contribution in [0.2, 0.25) is 0 Å². The van der Waals surface area contributed by atoms with Crippen molar-refractivity contribution in [1.29, 1.82) is 0 Å². The van der Waals surface area contributed by atoms with E-state index < -0.39 is 0 Å². The van der Waals surface area contributed by atoms with Crippen LogP contribution in [-0.4, -0.2) is 4.99 Å². The van der Waals surface area contributed by atoms with Gasteiger partial charge in [-0.05, 0) is 44.0 Å². The Morgan fingerprint density at radius 2 is 2.00 bits per heavy atom. The Kier molecular flexibility index (Phi) is 5.50. The normalized spacial score (nSPS) is 10.4.